The molecule has 5 nitrogen and oxygen atoms in total. The van der Waals surface area contributed by atoms with Gasteiger partial charge < -0.3 is 19.4 Å². The van der Waals surface area contributed by atoms with Crippen LogP contribution in [0.15, 0.2) is 27.8 Å². The summed E-state index contributed by atoms with van der Waals surface area (Å²) in [6.45, 7) is 3.04. The summed E-state index contributed by atoms with van der Waals surface area (Å²) in [5.41, 5.74) is 0. The van der Waals surface area contributed by atoms with E-state index >= 15 is 0 Å². The molecule has 2 bridgehead atoms. The minimum absolute atomic E-state index is 0.506. The van der Waals surface area contributed by atoms with Crippen molar-refractivity contribution in [1.29, 1.82) is 0 Å². The van der Waals surface area contributed by atoms with Crippen molar-refractivity contribution in [1.82, 2.24) is 10.2 Å². The van der Waals surface area contributed by atoms with Gasteiger partial charge in [-0.25, -0.2) is 0 Å². The maximum atomic E-state index is 6.03. The van der Waals surface area contributed by atoms with Crippen molar-refractivity contribution in [3.05, 3.63) is 24.2 Å². The van der Waals surface area contributed by atoms with E-state index in [2.05, 4.69) is 15.2 Å². The maximum Gasteiger partial charge on any atom is 0.193 e. The Morgan fingerprint density at radius 3 is 2.71 bits per heavy atom. The van der Waals surface area contributed by atoms with Gasteiger partial charge in [-0.2, -0.15) is 0 Å². The van der Waals surface area contributed by atoms with E-state index < -0.39 is 0 Å². The van der Waals surface area contributed by atoms with Crippen molar-refractivity contribution < 1.29 is 9.15 Å². The minimum Gasteiger partial charge on any atom is -0.469 e. The fourth-order valence-corrected chi connectivity index (χ4v) is 4.22. The number of fused-ring (bicyclic) bond motifs is 5. The Bertz CT molecular complexity index is 496. The fourth-order valence-electron chi connectivity index (χ4n) is 4.22. The van der Waals surface area contributed by atoms with Crippen LogP contribution in [0.1, 0.15) is 18.6 Å². The van der Waals surface area contributed by atoms with Gasteiger partial charge in [-0.15, -0.1) is 0 Å². The zero-order valence-electron chi connectivity index (χ0n) is 12.5. The van der Waals surface area contributed by atoms with Crippen molar-refractivity contribution in [2.24, 2.45) is 16.8 Å². The molecule has 0 aliphatic carbocycles. The number of furan rings is 1. The molecule has 4 unspecified atom stereocenters. The number of nitrogens with zero attached hydrogens (tertiary/aromatic N) is 2. The average Bonchev–Trinajstić information content (AvgIpc) is 3.25. The van der Waals surface area contributed by atoms with Crippen molar-refractivity contribution in [3.63, 3.8) is 0 Å². The summed E-state index contributed by atoms with van der Waals surface area (Å²) in [4.78, 5) is 6.85. The highest BCUT2D eigenvalue weighted by atomic mass is 16.5. The van der Waals surface area contributed by atoms with Gasteiger partial charge in [0.25, 0.3) is 0 Å². The van der Waals surface area contributed by atoms with Gasteiger partial charge >= 0.3 is 0 Å². The first-order valence-corrected chi connectivity index (χ1v) is 7.98. The molecule has 1 N–H and O–H groups in total. The van der Waals surface area contributed by atoms with E-state index in [9.17, 15) is 0 Å². The number of guanidine groups is 1. The predicted octanol–water partition coefficient (Wildman–Crippen LogP) is 1.51. The van der Waals surface area contributed by atoms with E-state index in [4.69, 9.17) is 9.15 Å². The number of hydrogen-bond donors (Lipinski definition) is 1. The third-order valence-corrected chi connectivity index (χ3v) is 5.20. The normalized spacial score (nSPS) is 34.5. The topological polar surface area (TPSA) is 50.0 Å². The smallest absolute Gasteiger partial charge is 0.193 e. The SMILES string of the molecule is CN=C(NCCc1ccco1)N1CC2C3CCC(O3)C2C1. The second kappa shape index (κ2) is 5.37. The van der Waals surface area contributed by atoms with Gasteiger partial charge in [-0.05, 0) is 25.0 Å². The third-order valence-electron chi connectivity index (χ3n) is 5.20. The molecule has 4 rings (SSSR count). The lowest BCUT2D eigenvalue weighted by Crippen LogP contribution is -2.42. The first-order chi connectivity index (χ1) is 10.3. The average molecular weight is 289 g/mol. The third kappa shape index (κ3) is 2.33. The molecule has 114 valence electrons. The zero-order chi connectivity index (χ0) is 14.2. The summed E-state index contributed by atoms with van der Waals surface area (Å²) in [6.07, 6.45) is 6.13. The van der Waals surface area contributed by atoms with Crippen LogP contribution in [0.2, 0.25) is 0 Å². The van der Waals surface area contributed by atoms with Crippen LogP contribution in [0.5, 0.6) is 0 Å². The molecule has 0 radical (unpaired) electrons. The van der Waals surface area contributed by atoms with Gasteiger partial charge in [0.05, 0.1) is 18.5 Å². The Morgan fingerprint density at radius 2 is 2.10 bits per heavy atom. The highest BCUT2D eigenvalue weighted by molar-refractivity contribution is 5.80. The minimum atomic E-state index is 0.506. The monoisotopic (exact) mass is 289 g/mol. The lowest BCUT2D eigenvalue weighted by atomic mass is 9.82. The quantitative estimate of drug-likeness (QED) is 0.677. The molecule has 0 saturated carbocycles. The van der Waals surface area contributed by atoms with E-state index in [1.165, 1.54) is 12.8 Å². The second-order valence-corrected chi connectivity index (χ2v) is 6.33. The number of rotatable bonds is 3. The molecule has 5 heteroatoms. The van der Waals surface area contributed by atoms with Gasteiger partial charge in [0.1, 0.15) is 5.76 Å². The molecular formula is C16H23N3O2. The first-order valence-electron chi connectivity index (χ1n) is 7.98. The van der Waals surface area contributed by atoms with Crippen molar-refractivity contribution in [2.75, 3.05) is 26.7 Å². The molecule has 21 heavy (non-hydrogen) atoms. The maximum absolute atomic E-state index is 6.03. The van der Waals surface area contributed by atoms with E-state index in [-0.39, 0.29) is 0 Å². The van der Waals surface area contributed by atoms with Gasteiger partial charge in [-0.3, -0.25) is 4.99 Å². The van der Waals surface area contributed by atoms with Crippen molar-refractivity contribution in [2.45, 2.75) is 31.5 Å². The van der Waals surface area contributed by atoms with Crippen molar-refractivity contribution >= 4 is 5.96 Å². The number of ether oxygens (including phenoxy) is 1. The van der Waals surface area contributed by atoms with Gasteiger partial charge in [-0.1, -0.05) is 0 Å². The number of likely N-dealkylation sites (tertiary alicyclic amines) is 1. The van der Waals surface area contributed by atoms with Crippen LogP contribution >= 0.6 is 0 Å². The van der Waals surface area contributed by atoms with Crippen LogP contribution < -0.4 is 5.32 Å². The predicted molar refractivity (Wildman–Crippen MR) is 80.2 cm³/mol. The molecule has 1 aromatic rings. The van der Waals surface area contributed by atoms with Gasteiger partial charge in [0.2, 0.25) is 0 Å². The Balaban J connectivity index is 1.32. The second-order valence-electron chi connectivity index (χ2n) is 6.33. The van der Waals surface area contributed by atoms with Crippen LogP contribution in [-0.4, -0.2) is 49.7 Å². The Kier molecular flexibility index (Phi) is 3.37. The lowest BCUT2D eigenvalue weighted by molar-refractivity contribution is 0.0767. The highest BCUT2D eigenvalue weighted by Gasteiger charge is 2.53. The summed E-state index contributed by atoms with van der Waals surface area (Å²) >= 11 is 0. The molecule has 4 atom stereocenters. The number of nitrogens with one attached hydrogen (secondary N) is 1. The molecule has 0 spiro atoms. The summed E-state index contributed by atoms with van der Waals surface area (Å²) in [6, 6.07) is 3.95. The fraction of sp³-hybridized carbons (Fsp3) is 0.688. The molecule has 0 amide bonds. The van der Waals surface area contributed by atoms with Crippen LogP contribution in [-0.2, 0) is 11.2 Å². The molecule has 3 aliphatic rings. The van der Waals surface area contributed by atoms with Gasteiger partial charge in [0.15, 0.2) is 5.96 Å². The molecule has 0 aromatic carbocycles. The van der Waals surface area contributed by atoms with E-state index in [1.54, 1.807) is 6.26 Å². The van der Waals surface area contributed by atoms with Crippen LogP contribution in [0.25, 0.3) is 0 Å². The number of hydrogen-bond acceptors (Lipinski definition) is 3. The van der Waals surface area contributed by atoms with E-state index in [0.29, 0.717) is 24.0 Å². The number of aliphatic imine (C=N–C) groups is 1. The lowest BCUT2D eigenvalue weighted by Gasteiger charge is -2.23. The summed E-state index contributed by atoms with van der Waals surface area (Å²) in [7, 11) is 1.87. The zero-order valence-corrected chi connectivity index (χ0v) is 12.5. The summed E-state index contributed by atoms with van der Waals surface area (Å²) in [5.74, 6) is 3.47. The highest BCUT2D eigenvalue weighted by Crippen LogP contribution is 2.47. The Morgan fingerprint density at radius 1 is 1.33 bits per heavy atom. The summed E-state index contributed by atoms with van der Waals surface area (Å²) < 4.78 is 11.4. The Hall–Kier alpha value is -1.49. The molecule has 3 aliphatic heterocycles. The molecular weight excluding hydrogens is 266 g/mol. The van der Waals surface area contributed by atoms with Crippen molar-refractivity contribution in [3.8, 4) is 0 Å². The van der Waals surface area contributed by atoms with Crippen LogP contribution in [0.4, 0.5) is 0 Å². The first kappa shape index (κ1) is 13.2. The van der Waals surface area contributed by atoms with Crippen LogP contribution in [0, 0.1) is 11.8 Å². The van der Waals surface area contributed by atoms with Crippen LogP contribution in [0.3, 0.4) is 0 Å². The van der Waals surface area contributed by atoms with E-state index in [0.717, 1.165) is 37.8 Å². The van der Waals surface area contributed by atoms with E-state index in [1.807, 2.05) is 19.2 Å². The van der Waals surface area contributed by atoms with Gasteiger partial charge in [0, 0.05) is 44.9 Å². The molecule has 1 aromatic heterocycles. The Labute approximate surface area is 125 Å². The molecule has 3 fully saturated rings. The molecule has 3 saturated heterocycles. The largest absolute Gasteiger partial charge is 0.469 e. The molecule has 4 heterocycles. The summed E-state index contributed by atoms with van der Waals surface area (Å²) in [5, 5.41) is 3.46. The standard InChI is InChI=1S/C16H23N3O2/c1-17-16(18-7-6-11-3-2-8-20-11)19-9-12-13(10-19)15-5-4-14(12)21-15/h2-3,8,12-15H,4-7,9-10H2,1H3,(H,17,18).